The summed E-state index contributed by atoms with van der Waals surface area (Å²) in [5, 5.41) is 3.25. The lowest BCUT2D eigenvalue weighted by Gasteiger charge is -2.58. The fourth-order valence-corrected chi connectivity index (χ4v) is 2.95. The second-order valence-corrected chi connectivity index (χ2v) is 5.88. The van der Waals surface area contributed by atoms with Crippen molar-refractivity contribution in [3.63, 3.8) is 0 Å². The Kier molecular flexibility index (Phi) is 3.67. The molecular weight excluding hydrogens is 230 g/mol. The summed E-state index contributed by atoms with van der Waals surface area (Å²) in [5.74, 6) is 0.0879. The smallest absolute Gasteiger partial charge is 0.243 e. The van der Waals surface area contributed by atoms with Gasteiger partial charge in [0, 0.05) is 44.6 Å². The molecule has 0 radical (unpaired) electrons. The van der Waals surface area contributed by atoms with Gasteiger partial charge in [-0.2, -0.15) is 0 Å². The molecule has 0 bridgehead atoms. The lowest BCUT2D eigenvalue weighted by Crippen LogP contribution is -2.76. The van der Waals surface area contributed by atoms with E-state index in [1.165, 1.54) is 0 Å². The molecule has 0 spiro atoms. The van der Waals surface area contributed by atoms with Crippen LogP contribution in [0.25, 0.3) is 0 Å². The molecule has 2 atom stereocenters. The van der Waals surface area contributed by atoms with Crippen LogP contribution in [0.2, 0.25) is 0 Å². The standard InChI is InChI=1S/C13H25N3O2/c1-4-18-10-9-13(14,12(10,2)3)11(17)16-7-5-15-6-8-16/h10,15H,4-9,14H2,1-3H3. The largest absolute Gasteiger partial charge is 0.378 e. The van der Waals surface area contributed by atoms with E-state index in [0.29, 0.717) is 13.0 Å². The first-order valence-electron chi connectivity index (χ1n) is 6.84. The summed E-state index contributed by atoms with van der Waals surface area (Å²) >= 11 is 0. The van der Waals surface area contributed by atoms with Crippen LogP contribution in [0.1, 0.15) is 27.2 Å². The van der Waals surface area contributed by atoms with Gasteiger partial charge in [0.1, 0.15) is 5.54 Å². The van der Waals surface area contributed by atoms with Gasteiger partial charge in [0.25, 0.3) is 0 Å². The summed E-state index contributed by atoms with van der Waals surface area (Å²) in [5.41, 5.74) is 5.34. The zero-order valence-electron chi connectivity index (χ0n) is 11.7. The SMILES string of the molecule is CCOC1CC(N)(C(=O)N2CCNCC2)C1(C)C. The molecule has 5 nitrogen and oxygen atoms in total. The molecule has 104 valence electrons. The molecule has 0 aromatic rings. The third-order valence-corrected chi connectivity index (χ3v) is 4.62. The van der Waals surface area contributed by atoms with Gasteiger partial charge in [-0.15, -0.1) is 0 Å². The van der Waals surface area contributed by atoms with Gasteiger partial charge in [-0.05, 0) is 6.92 Å². The van der Waals surface area contributed by atoms with Crippen LogP contribution in [0.5, 0.6) is 0 Å². The molecule has 1 aliphatic carbocycles. The van der Waals surface area contributed by atoms with Crippen molar-refractivity contribution in [2.45, 2.75) is 38.8 Å². The number of nitrogens with zero attached hydrogens (tertiary/aromatic N) is 1. The molecule has 1 saturated heterocycles. The van der Waals surface area contributed by atoms with Gasteiger partial charge in [-0.1, -0.05) is 13.8 Å². The highest BCUT2D eigenvalue weighted by Gasteiger charge is 2.63. The van der Waals surface area contributed by atoms with Crippen LogP contribution in [0, 0.1) is 5.41 Å². The summed E-state index contributed by atoms with van der Waals surface area (Å²) in [6.07, 6.45) is 0.732. The molecule has 2 aliphatic rings. The summed E-state index contributed by atoms with van der Waals surface area (Å²) in [6, 6.07) is 0. The predicted molar refractivity (Wildman–Crippen MR) is 70.2 cm³/mol. The first kappa shape index (κ1) is 13.8. The molecule has 5 heteroatoms. The summed E-state index contributed by atoms with van der Waals surface area (Å²) in [6.45, 7) is 9.96. The zero-order chi connectivity index (χ0) is 13.4. The van der Waals surface area contributed by atoms with E-state index in [4.69, 9.17) is 10.5 Å². The highest BCUT2D eigenvalue weighted by Crippen LogP contribution is 2.50. The highest BCUT2D eigenvalue weighted by molar-refractivity contribution is 5.89. The molecule has 1 saturated carbocycles. The van der Waals surface area contributed by atoms with Gasteiger partial charge in [0.2, 0.25) is 5.91 Å². The number of piperazine rings is 1. The number of carbonyl (C=O) groups is 1. The van der Waals surface area contributed by atoms with Gasteiger partial charge in [-0.25, -0.2) is 0 Å². The Morgan fingerprint density at radius 3 is 2.56 bits per heavy atom. The summed E-state index contributed by atoms with van der Waals surface area (Å²) in [4.78, 5) is 14.5. The van der Waals surface area contributed by atoms with Crippen molar-refractivity contribution in [1.82, 2.24) is 10.2 Å². The minimum absolute atomic E-state index is 0.0879. The van der Waals surface area contributed by atoms with Crippen molar-refractivity contribution < 1.29 is 9.53 Å². The average molecular weight is 255 g/mol. The Morgan fingerprint density at radius 1 is 1.44 bits per heavy atom. The van der Waals surface area contributed by atoms with Crippen LogP contribution in [0.3, 0.4) is 0 Å². The number of hydrogen-bond acceptors (Lipinski definition) is 4. The van der Waals surface area contributed by atoms with E-state index in [1.54, 1.807) is 0 Å². The quantitative estimate of drug-likeness (QED) is 0.742. The third kappa shape index (κ3) is 1.94. The number of amides is 1. The molecule has 1 heterocycles. The topological polar surface area (TPSA) is 67.6 Å². The van der Waals surface area contributed by atoms with Crippen molar-refractivity contribution in [3.8, 4) is 0 Å². The Labute approximate surface area is 109 Å². The second kappa shape index (κ2) is 4.79. The fourth-order valence-electron chi connectivity index (χ4n) is 2.95. The number of nitrogens with two attached hydrogens (primary N) is 1. The van der Waals surface area contributed by atoms with Crippen LogP contribution >= 0.6 is 0 Å². The van der Waals surface area contributed by atoms with E-state index in [-0.39, 0.29) is 17.4 Å². The van der Waals surface area contributed by atoms with Crippen LogP contribution in [-0.4, -0.2) is 55.2 Å². The van der Waals surface area contributed by atoms with E-state index in [0.717, 1.165) is 26.2 Å². The molecule has 2 fully saturated rings. The maximum absolute atomic E-state index is 12.6. The summed E-state index contributed by atoms with van der Waals surface area (Å²) in [7, 11) is 0. The molecule has 1 amide bonds. The van der Waals surface area contributed by atoms with Crippen LogP contribution < -0.4 is 11.1 Å². The molecule has 18 heavy (non-hydrogen) atoms. The molecule has 0 aromatic carbocycles. The van der Waals surface area contributed by atoms with Crippen LogP contribution in [0.15, 0.2) is 0 Å². The molecule has 3 N–H and O–H groups in total. The average Bonchev–Trinajstić information content (AvgIpc) is 2.38. The molecule has 1 aliphatic heterocycles. The van der Waals surface area contributed by atoms with Gasteiger partial charge >= 0.3 is 0 Å². The molecule has 0 aromatic heterocycles. The maximum atomic E-state index is 12.6. The lowest BCUT2D eigenvalue weighted by atomic mass is 9.54. The number of rotatable bonds is 3. The maximum Gasteiger partial charge on any atom is 0.243 e. The third-order valence-electron chi connectivity index (χ3n) is 4.62. The van der Waals surface area contributed by atoms with E-state index in [2.05, 4.69) is 5.32 Å². The number of ether oxygens (including phenoxy) is 1. The number of hydrogen-bond donors (Lipinski definition) is 2. The first-order valence-corrected chi connectivity index (χ1v) is 6.84. The van der Waals surface area contributed by atoms with Crippen molar-refractivity contribution in [2.75, 3.05) is 32.8 Å². The van der Waals surface area contributed by atoms with Gasteiger partial charge in [0.05, 0.1) is 6.10 Å². The van der Waals surface area contributed by atoms with E-state index in [9.17, 15) is 4.79 Å². The van der Waals surface area contributed by atoms with Crippen molar-refractivity contribution in [1.29, 1.82) is 0 Å². The van der Waals surface area contributed by atoms with E-state index < -0.39 is 5.54 Å². The Bertz CT molecular complexity index is 326. The van der Waals surface area contributed by atoms with Crippen molar-refractivity contribution in [2.24, 2.45) is 11.1 Å². The first-order chi connectivity index (χ1) is 8.43. The monoisotopic (exact) mass is 255 g/mol. The predicted octanol–water partition coefficient (Wildman–Crippen LogP) is -0.0493. The van der Waals surface area contributed by atoms with Crippen molar-refractivity contribution >= 4 is 5.91 Å². The normalized spacial score (nSPS) is 35.1. The number of nitrogens with one attached hydrogen (secondary N) is 1. The van der Waals surface area contributed by atoms with E-state index in [1.807, 2.05) is 25.7 Å². The molecular formula is C13H25N3O2. The molecule has 2 unspecified atom stereocenters. The Balaban J connectivity index is 2.05. The highest BCUT2D eigenvalue weighted by atomic mass is 16.5. The minimum atomic E-state index is -0.760. The minimum Gasteiger partial charge on any atom is -0.378 e. The number of carbonyl (C=O) groups excluding carboxylic acids is 1. The fraction of sp³-hybridized carbons (Fsp3) is 0.923. The van der Waals surface area contributed by atoms with Gasteiger partial charge in [-0.3, -0.25) is 4.79 Å². The van der Waals surface area contributed by atoms with Gasteiger partial charge < -0.3 is 20.7 Å². The molecule has 2 rings (SSSR count). The van der Waals surface area contributed by atoms with Crippen molar-refractivity contribution in [3.05, 3.63) is 0 Å². The second-order valence-electron chi connectivity index (χ2n) is 5.88. The van der Waals surface area contributed by atoms with Gasteiger partial charge in [0.15, 0.2) is 0 Å². The Hall–Kier alpha value is -0.650. The summed E-state index contributed by atoms with van der Waals surface area (Å²) < 4.78 is 5.66. The lowest BCUT2D eigenvalue weighted by molar-refractivity contribution is -0.179. The van der Waals surface area contributed by atoms with Crippen LogP contribution in [-0.2, 0) is 9.53 Å². The zero-order valence-corrected chi connectivity index (χ0v) is 11.7. The Morgan fingerprint density at radius 2 is 2.06 bits per heavy atom. The van der Waals surface area contributed by atoms with E-state index >= 15 is 0 Å². The van der Waals surface area contributed by atoms with Crippen LogP contribution in [0.4, 0.5) is 0 Å².